The lowest BCUT2D eigenvalue weighted by atomic mass is 9.85. The molecule has 2 N–H and O–H groups in total. The van der Waals surface area contributed by atoms with Crippen molar-refractivity contribution in [3.8, 4) is 0 Å². The third-order valence-electron chi connectivity index (χ3n) is 11.8. The minimum absolute atomic E-state index is 0.00381. The summed E-state index contributed by atoms with van der Waals surface area (Å²) in [5, 5.41) is 5.64. The fraction of sp³-hybridized carbons (Fsp3) is 0.531. The highest BCUT2D eigenvalue weighted by Crippen LogP contribution is 2.39. The Labute approximate surface area is 377 Å². The SMILES string of the molecule is CCCCOCCOCCOCCCNC(=O)CN(C)C(=O)CCC(=O)Nc1ccc(CCN2CN(c3ccccc3)C3(CCN(CCCC(=O)c4ccc(F)cc4)CC3)C2=O)cc1. The van der Waals surface area contributed by atoms with Crippen LogP contribution in [-0.2, 0) is 39.8 Å². The molecule has 0 unspecified atom stereocenters. The van der Waals surface area contributed by atoms with Crippen molar-refractivity contribution in [3.63, 3.8) is 0 Å². The Morgan fingerprint density at radius 1 is 0.750 bits per heavy atom. The molecule has 1 spiro atoms. The van der Waals surface area contributed by atoms with Gasteiger partial charge in [0.15, 0.2) is 5.78 Å². The zero-order chi connectivity index (χ0) is 45.6. The molecular weight excluding hydrogens is 820 g/mol. The number of hydrogen-bond acceptors (Lipinski definition) is 10. The molecule has 15 heteroatoms. The molecule has 4 amide bonds. The highest BCUT2D eigenvalue weighted by molar-refractivity contribution is 5.96. The molecule has 0 aliphatic carbocycles. The van der Waals surface area contributed by atoms with Crippen molar-refractivity contribution in [3.05, 3.63) is 95.8 Å². The first-order valence-electron chi connectivity index (χ1n) is 22.8. The predicted molar refractivity (Wildman–Crippen MR) is 245 cm³/mol. The smallest absolute Gasteiger partial charge is 0.250 e. The van der Waals surface area contributed by atoms with Gasteiger partial charge in [-0.15, -0.1) is 0 Å². The number of para-hydroxylation sites is 1. The first-order chi connectivity index (χ1) is 31.1. The van der Waals surface area contributed by atoms with Crippen LogP contribution in [0.3, 0.4) is 0 Å². The van der Waals surface area contributed by atoms with Crippen molar-refractivity contribution in [2.75, 3.05) is 103 Å². The lowest BCUT2D eigenvalue weighted by molar-refractivity contribution is -0.135. The van der Waals surface area contributed by atoms with Crippen molar-refractivity contribution >= 4 is 40.8 Å². The average Bonchev–Trinajstić information content (AvgIpc) is 3.57. The molecule has 3 aromatic rings. The van der Waals surface area contributed by atoms with E-state index >= 15 is 0 Å². The Kier molecular flexibility index (Phi) is 20.6. The molecule has 0 saturated carbocycles. The monoisotopic (exact) mass is 887 g/mol. The minimum Gasteiger partial charge on any atom is -0.379 e. The van der Waals surface area contributed by atoms with Crippen LogP contribution >= 0.6 is 0 Å². The van der Waals surface area contributed by atoms with Crippen molar-refractivity contribution in [1.82, 2.24) is 20.0 Å². The van der Waals surface area contributed by atoms with Gasteiger partial charge in [0.2, 0.25) is 23.6 Å². The third kappa shape index (κ3) is 15.8. The van der Waals surface area contributed by atoms with Gasteiger partial charge < -0.3 is 44.4 Å². The summed E-state index contributed by atoms with van der Waals surface area (Å²) in [5.74, 6) is -1.11. The number of unbranched alkanes of at least 4 members (excludes halogenated alkanes) is 1. The maximum Gasteiger partial charge on any atom is 0.250 e. The van der Waals surface area contributed by atoms with Gasteiger partial charge in [-0.25, -0.2) is 4.39 Å². The number of anilines is 2. The van der Waals surface area contributed by atoms with Gasteiger partial charge in [0.25, 0.3) is 0 Å². The summed E-state index contributed by atoms with van der Waals surface area (Å²) in [6, 6.07) is 23.3. The van der Waals surface area contributed by atoms with Crippen LogP contribution in [0, 0.1) is 5.82 Å². The summed E-state index contributed by atoms with van der Waals surface area (Å²) in [7, 11) is 1.54. The van der Waals surface area contributed by atoms with Crippen LogP contribution in [-0.4, -0.2) is 142 Å². The summed E-state index contributed by atoms with van der Waals surface area (Å²) in [4.78, 5) is 72.5. The fourth-order valence-corrected chi connectivity index (χ4v) is 7.97. The number of halogens is 1. The maximum atomic E-state index is 14.3. The lowest BCUT2D eigenvalue weighted by Gasteiger charge is -2.43. The second-order valence-electron chi connectivity index (χ2n) is 16.5. The number of likely N-dealkylation sites (N-methyl/N-ethyl adjacent to an activating group) is 1. The summed E-state index contributed by atoms with van der Waals surface area (Å²) >= 11 is 0. The molecule has 0 aromatic heterocycles. The number of likely N-dealkylation sites (tertiary alicyclic amines) is 1. The summed E-state index contributed by atoms with van der Waals surface area (Å²) in [6.45, 7) is 9.03. The van der Waals surface area contributed by atoms with Crippen molar-refractivity contribution < 1.29 is 42.6 Å². The largest absolute Gasteiger partial charge is 0.379 e. The summed E-state index contributed by atoms with van der Waals surface area (Å²) in [6.07, 6.45) is 5.82. The van der Waals surface area contributed by atoms with E-state index in [0.29, 0.717) is 103 Å². The second-order valence-corrected chi connectivity index (χ2v) is 16.5. The standard InChI is InChI=1S/C49H67FN6O8/c1-3-4-31-62-33-35-64-36-34-63-32-9-26-51-46(59)37-53(2)47(60)22-21-45(58)52-42-19-13-39(14-20-42)23-28-55-38-56(43-10-6-5-7-11-43)49(48(55)61)24-29-54(30-25-49)27-8-12-44(57)40-15-17-41(50)18-16-40/h5-7,10-11,13-20H,3-4,8-9,12,21-38H2,1-2H3,(H,51,59)(H,52,58). The lowest BCUT2D eigenvalue weighted by Crippen LogP contribution is -2.56. The van der Waals surface area contributed by atoms with Gasteiger partial charge in [0.1, 0.15) is 11.4 Å². The van der Waals surface area contributed by atoms with Crippen LogP contribution < -0.4 is 15.5 Å². The molecule has 2 aliphatic rings. The molecule has 14 nitrogen and oxygen atoms in total. The van der Waals surface area contributed by atoms with Gasteiger partial charge in [0.05, 0.1) is 39.6 Å². The molecule has 2 saturated heterocycles. The Hall–Kier alpha value is -5.22. The average molecular weight is 887 g/mol. The number of nitrogens with one attached hydrogen (secondary N) is 2. The Morgan fingerprint density at radius 2 is 1.41 bits per heavy atom. The van der Waals surface area contributed by atoms with Gasteiger partial charge >= 0.3 is 0 Å². The van der Waals surface area contributed by atoms with Gasteiger partial charge in [-0.3, -0.25) is 24.0 Å². The molecule has 3 aromatic carbocycles. The molecule has 5 rings (SSSR count). The molecule has 348 valence electrons. The number of ether oxygens (including phenoxy) is 3. The van der Waals surface area contributed by atoms with Crippen molar-refractivity contribution in [2.24, 2.45) is 0 Å². The Bertz CT molecular complexity index is 1910. The van der Waals surface area contributed by atoms with Gasteiger partial charge in [-0.05, 0) is 99.2 Å². The minimum atomic E-state index is -0.645. The quantitative estimate of drug-likeness (QED) is 0.0687. The zero-order valence-corrected chi connectivity index (χ0v) is 37.7. The summed E-state index contributed by atoms with van der Waals surface area (Å²) in [5.41, 5.74) is 2.52. The van der Waals surface area contributed by atoms with Crippen LogP contribution in [0.5, 0.6) is 0 Å². The highest BCUT2D eigenvalue weighted by Gasteiger charge is 2.53. The zero-order valence-electron chi connectivity index (χ0n) is 37.7. The molecule has 2 heterocycles. The molecule has 0 bridgehead atoms. The van der Waals surface area contributed by atoms with Crippen LogP contribution in [0.4, 0.5) is 15.8 Å². The Balaban J connectivity index is 0.973. The fourth-order valence-electron chi connectivity index (χ4n) is 7.97. The van der Waals surface area contributed by atoms with Crippen LogP contribution in [0.1, 0.15) is 80.6 Å². The number of rotatable bonds is 28. The van der Waals surface area contributed by atoms with Crippen LogP contribution in [0.15, 0.2) is 78.9 Å². The number of amides is 4. The normalized spacial score (nSPS) is 14.8. The van der Waals surface area contributed by atoms with Crippen molar-refractivity contribution in [1.29, 1.82) is 0 Å². The van der Waals surface area contributed by atoms with E-state index in [4.69, 9.17) is 14.2 Å². The molecule has 64 heavy (non-hydrogen) atoms. The predicted octanol–water partition coefficient (Wildman–Crippen LogP) is 5.71. The van der Waals surface area contributed by atoms with E-state index in [1.54, 1.807) is 7.05 Å². The first-order valence-corrected chi connectivity index (χ1v) is 22.8. The van der Waals surface area contributed by atoms with E-state index < -0.39 is 5.54 Å². The summed E-state index contributed by atoms with van der Waals surface area (Å²) < 4.78 is 29.7. The van der Waals surface area contributed by atoms with E-state index in [0.717, 1.165) is 50.3 Å². The number of ketones is 1. The first kappa shape index (κ1) is 49.8. The van der Waals surface area contributed by atoms with E-state index in [1.165, 1.54) is 29.2 Å². The Morgan fingerprint density at radius 3 is 2.08 bits per heavy atom. The number of benzene rings is 3. The molecular formula is C49H67FN6O8. The highest BCUT2D eigenvalue weighted by atomic mass is 19.1. The van der Waals surface area contributed by atoms with E-state index in [1.807, 2.05) is 47.4 Å². The number of hydrogen-bond donors (Lipinski definition) is 2. The molecule has 0 radical (unpaired) electrons. The van der Waals surface area contributed by atoms with Crippen LogP contribution in [0.25, 0.3) is 0 Å². The van der Waals surface area contributed by atoms with Gasteiger partial charge in [-0.2, -0.15) is 0 Å². The second kappa shape index (κ2) is 26.5. The third-order valence-corrected chi connectivity index (χ3v) is 11.8. The molecule has 2 fully saturated rings. The number of carbonyl (C=O) groups is 5. The maximum absolute atomic E-state index is 14.3. The van der Waals surface area contributed by atoms with E-state index in [2.05, 4.69) is 39.5 Å². The number of Topliss-reactive ketones (excluding diaryl/α,β-unsaturated/α-hetero) is 1. The number of carbonyl (C=O) groups excluding carboxylic acids is 5. The molecule has 0 atom stereocenters. The van der Waals surface area contributed by atoms with Crippen molar-refractivity contribution in [2.45, 2.75) is 76.7 Å². The topological polar surface area (TPSA) is 150 Å². The van der Waals surface area contributed by atoms with Crippen LogP contribution in [0.2, 0.25) is 0 Å². The number of piperidine rings is 1. The van der Waals surface area contributed by atoms with E-state index in [-0.39, 0.29) is 54.6 Å². The van der Waals surface area contributed by atoms with Gasteiger partial charge in [0, 0.05) is 82.6 Å². The number of nitrogens with zero attached hydrogens (tertiary/aromatic N) is 4. The molecule has 2 aliphatic heterocycles. The van der Waals surface area contributed by atoms with E-state index in [9.17, 15) is 28.4 Å². The van der Waals surface area contributed by atoms with Gasteiger partial charge in [-0.1, -0.05) is 43.7 Å².